The van der Waals surface area contributed by atoms with Crippen LogP contribution in [0.15, 0.2) is 42.5 Å². The zero-order valence-electron chi connectivity index (χ0n) is 13.1. The minimum Gasteiger partial charge on any atom is -0.376 e. The maximum absolute atomic E-state index is 12.0. The van der Waals surface area contributed by atoms with Crippen molar-refractivity contribution < 1.29 is 9.59 Å². The summed E-state index contributed by atoms with van der Waals surface area (Å²) in [7, 11) is 0. The van der Waals surface area contributed by atoms with E-state index in [4.69, 9.17) is 0 Å². The predicted octanol–water partition coefficient (Wildman–Crippen LogP) is 3.56. The Morgan fingerprint density at radius 3 is 2.50 bits per heavy atom. The number of hydrogen-bond donors (Lipinski definition) is 2. The predicted molar refractivity (Wildman–Crippen MR) is 89.5 cm³/mol. The molecule has 0 saturated carbocycles. The lowest BCUT2D eigenvalue weighted by molar-refractivity contribution is -0.114. The molecule has 0 bridgehead atoms. The summed E-state index contributed by atoms with van der Waals surface area (Å²) in [5.74, 6) is -0.175. The summed E-state index contributed by atoms with van der Waals surface area (Å²) in [6, 6.07) is 12.9. The molecule has 4 nitrogen and oxygen atoms in total. The highest BCUT2D eigenvalue weighted by molar-refractivity contribution is 5.98. The molecule has 0 heterocycles. The summed E-state index contributed by atoms with van der Waals surface area (Å²) >= 11 is 0. The highest BCUT2D eigenvalue weighted by Crippen LogP contribution is 2.17. The minimum absolute atomic E-state index is 0.0235. The standard InChI is InChI=1S/C18H20N2O2/c1-12-6-4-9-17(13(12)2)19-11-18(22)20-16-8-5-7-15(10-16)14(3)21/h4-10,19H,11H2,1-3H3,(H,20,22). The van der Waals surface area contributed by atoms with Crippen molar-refractivity contribution in [2.24, 2.45) is 0 Å². The number of amides is 1. The van der Waals surface area contributed by atoms with Crippen molar-refractivity contribution >= 4 is 23.1 Å². The van der Waals surface area contributed by atoms with Gasteiger partial charge in [0, 0.05) is 16.9 Å². The number of hydrogen-bond acceptors (Lipinski definition) is 3. The maximum atomic E-state index is 12.0. The Hall–Kier alpha value is -2.62. The summed E-state index contributed by atoms with van der Waals surface area (Å²) in [6.45, 7) is 5.73. The van der Waals surface area contributed by atoms with E-state index < -0.39 is 0 Å². The lowest BCUT2D eigenvalue weighted by Crippen LogP contribution is -2.22. The van der Waals surface area contributed by atoms with Gasteiger partial charge in [0.15, 0.2) is 5.78 Å². The number of carbonyl (C=O) groups excluding carboxylic acids is 2. The number of benzene rings is 2. The van der Waals surface area contributed by atoms with Crippen molar-refractivity contribution in [2.45, 2.75) is 20.8 Å². The fourth-order valence-corrected chi connectivity index (χ4v) is 2.14. The van der Waals surface area contributed by atoms with Crippen molar-refractivity contribution in [1.29, 1.82) is 0 Å². The van der Waals surface area contributed by atoms with Gasteiger partial charge in [-0.25, -0.2) is 0 Å². The SMILES string of the molecule is CC(=O)c1cccc(NC(=O)CNc2cccc(C)c2C)c1. The van der Waals surface area contributed by atoms with Gasteiger partial charge in [-0.2, -0.15) is 0 Å². The quantitative estimate of drug-likeness (QED) is 0.829. The van der Waals surface area contributed by atoms with E-state index in [1.54, 1.807) is 24.3 Å². The van der Waals surface area contributed by atoms with Gasteiger partial charge in [-0.15, -0.1) is 0 Å². The second-order valence-corrected chi connectivity index (χ2v) is 5.29. The average Bonchev–Trinajstić information content (AvgIpc) is 2.49. The second kappa shape index (κ2) is 6.89. The van der Waals surface area contributed by atoms with Crippen LogP contribution in [0.1, 0.15) is 28.4 Å². The number of aryl methyl sites for hydroxylation is 1. The van der Waals surface area contributed by atoms with E-state index in [1.807, 2.05) is 32.0 Å². The third kappa shape index (κ3) is 3.95. The maximum Gasteiger partial charge on any atom is 0.243 e. The zero-order chi connectivity index (χ0) is 16.1. The van der Waals surface area contributed by atoms with E-state index >= 15 is 0 Å². The Balaban J connectivity index is 1.97. The van der Waals surface area contributed by atoms with Gasteiger partial charge >= 0.3 is 0 Å². The zero-order valence-corrected chi connectivity index (χ0v) is 13.1. The van der Waals surface area contributed by atoms with E-state index in [0.29, 0.717) is 11.3 Å². The van der Waals surface area contributed by atoms with Crippen molar-refractivity contribution in [3.8, 4) is 0 Å². The van der Waals surface area contributed by atoms with Crippen molar-refractivity contribution in [3.63, 3.8) is 0 Å². The molecule has 0 saturated heterocycles. The van der Waals surface area contributed by atoms with E-state index in [0.717, 1.165) is 11.3 Å². The van der Waals surface area contributed by atoms with Gasteiger partial charge in [0.1, 0.15) is 0 Å². The molecule has 22 heavy (non-hydrogen) atoms. The third-order valence-corrected chi connectivity index (χ3v) is 3.60. The highest BCUT2D eigenvalue weighted by atomic mass is 16.2. The van der Waals surface area contributed by atoms with Crippen LogP contribution < -0.4 is 10.6 Å². The first-order valence-electron chi connectivity index (χ1n) is 7.18. The van der Waals surface area contributed by atoms with Crippen molar-refractivity contribution in [3.05, 3.63) is 59.2 Å². The number of rotatable bonds is 5. The molecule has 114 valence electrons. The van der Waals surface area contributed by atoms with Crippen molar-refractivity contribution in [2.75, 3.05) is 17.2 Å². The molecule has 2 rings (SSSR count). The minimum atomic E-state index is -0.151. The van der Waals surface area contributed by atoms with E-state index in [1.165, 1.54) is 12.5 Å². The molecule has 0 atom stereocenters. The second-order valence-electron chi connectivity index (χ2n) is 5.29. The van der Waals surface area contributed by atoms with Gasteiger partial charge in [-0.3, -0.25) is 9.59 Å². The molecule has 0 aliphatic rings. The normalized spacial score (nSPS) is 10.1. The van der Waals surface area contributed by atoms with Crippen LogP contribution >= 0.6 is 0 Å². The van der Waals surface area contributed by atoms with Crippen LogP contribution in [0.3, 0.4) is 0 Å². The molecule has 0 radical (unpaired) electrons. The van der Waals surface area contributed by atoms with Gasteiger partial charge in [0.05, 0.1) is 6.54 Å². The third-order valence-electron chi connectivity index (χ3n) is 3.60. The fraction of sp³-hybridized carbons (Fsp3) is 0.222. The van der Waals surface area contributed by atoms with E-state index in [9.17, 15) is 9.59 Å². The lowest BCUT2D eigenvalue weighted by Gasteiger charge is -2.12. The number of ketones is 1. The molecular formula is C18H20N2O2. The van der Waals surface area contributed by atoms with Gasteiger partial charge in [0.2, 0.25) is 5.91 Å². The highest BCUT2D eigenvalue weighted by Gasteiger charge is 2.06. The Kier molecular flexibility index (Phi) is 4.94. The molecule has 1 amide bonds. The molecule has 2 N–H and O–H groups in total. The monoisotopic (exact) mass is 296 g/mol. The molecule has 4 heteroatoms. The molecule has 0 aliphatic carbocycles. The molecule has 0 fully saturated rings. The Labute approximate surface area is 130 Å². The summed E-state index contributed by atoms with van der Waals surface area (Å²) in [6.07, 6.45) is 0. The summed E-state index contributed by atoms with van der Waals surface area (Å²) < 4.78 is 0. The molecule has 0 aromatic heterocycles. The van der Waals surface area contributed by atoms with Crippen LogP contribution in [-0.2, 0) is 4.79 Å². The molecule has 2 aromatic rings. The molecule has 0 spiro atoms. The number of anilines is 2. The number of carbonyl (C=O) groups is 2. The summed E-state index contributed by atoms with van der Waals surface area (Å²) in [5, 5.41) is 5.92. The van der Waals surface area contributed by atoms with Crippen LogP contribution in [0.4, 0.5) is 11.4 Å². The number of nitrogens with one attached hydrogen (secondary N) is 2. The fourth-order valence-electron chi connectivity index (χ4n) is 2.14. The van der Waals surface area contributed by atoms with Crippen LogP contribution in [-0.4, -0.2) is 18.2 Å². The van der Waals surface area contributed by atoms with Crippen molar-refractivity contribution in [1.82, 2.24) is 0 Å². The molecular weight excluding hydrogens is 276 g/mol. The molecule has 0 aliphatic heterocycles. The van der Waals surface area contributed by atoms with Gasteiger partial charge in [-0.1, -0.05) is 24.3 Å². The summed E-state index contributed by atoms with van der Waals surface area (Å²) in [5.41, 5.74) is 4.47. The molecule has 2 aromatic carbocycles. The van der Waals surface area contributed by atoms with Crippen LogP contribution in [0, 0.1) is 13.8 Å². The van der Waals surface area contributed by atoms with E-state index in [-0.39, 0.29) is 18.2 Å². The van der Waals surface area contributed by atoms with Gasteiger partial charge in [0.25, 0.3) is 0 Å². The first-order valence-corrected chi connectivity index (χ1v) is 7.18. The average molecular weight is 296 g/mol. The largest absolute Gasteiger partial charge is 0.376 e. The Morgan fingerprint density at radius 1 is 1.05 bits per heavy atom. The Morgan fingerprint density at radius 2 is 1.77 bits per heavy atom. The van der Waals surface area contributed by atoms with Gasteiger partial charge < -0.3 is 10.6 Å². The smallest absolute Gasteiger partial charge is 0.243 e. The van der Waals surface area contributed by atoms with Gasteiger partial charge in [-0.05, 0) is 50.1 Å². The van der Waals surface area contributed by atoms with Crippen LogP contribution in [0.25, 0.3) is 0 Å². The summed E-state index contributed by atoms with van der Waals surface area (Å²) in [4.78, 5) is 23.3. The molecule has 0 unspecified atom stereocenters. The number of Topliss-reactive ketones (excluding diaryl/α,β-unsaturated/α-hetero) is 1. The van der Waals surface area contributed by atoms with Crippen LogP contribution in [0.5, 0.6) is 0 Å². The van der Waals surface area contributed by atoms with E-state index in [2.05, 4.69) is 10.6 Å². The van der Waals surface area contributed by atoms with Crippen LogP contribution in [0.2, 0.25) is 0 Å². The first kappa shape index (κ1) is 15.8. The topological polar surface area (TPSA) is 58.2 Å². The lowest BCUT2D eigenvalue weighted by atomic mass is 10.1. The Bertz CT molecular complexity index is 708. The first-order chi connectivity index (χ1) is 10.5.